The first-order chi connectivity index (χ1) is 19.7. The molecule has 1 aromatic heterocycles. The first kappa shape index (κ1) is 29.7. The zero-order chi connectivity index (χ0) is 30.7. The number of hydrogen-bond acceptors (Lipinski definition) is 7. The Kier molecular flexibility index (Phi) is 7.45. The topological polar surface area (TPSA) is 144 Å². The number of fused-ring (bicyclic) bond motifs is 1. The number of carbonyl (C=O) groups excluding carboxylic acids is 2. The van der Waals surface area contributed by atoms with E-state index in [1.54, 1.807) is 19.1 Å². The number of halogens is 2. The van der Waals surface area contributed by atoms with E-state index in [2.05, 4.69) is 5.32 Å². The van der Waals surface area contributed by atoms with E-state index in [1.165, 1.54) is 21.8 Å². The van der Waals surface area contributed by atoms with Crippen LogP contribution in [0.1, 0.15) is 67.6 Å². The smallest absolute Gasteiger partial charge is 0.278 e. The standard InChI is InChI=1S/C29H34F2N6O4S/c1-28(2)14-29(10-9-19(28)26(40)34-17-7-8-17)35(3)27(41)22-24(39)23(38)18(13-37(22)36(29)4)25(33)42-21(32)11-15-5-6-16(30)12-20(15)31/h5-6,12-13,17,19,32-33,39H,7-11,14H2,1-4H3,(H,34,40)/p+1/t19-,29?/m0/s1. The highest BCUT2D eigenvalue weighted by molar-refractivity contribution is 8.26. The van der Waals surface area contributed by atoms with E-state index in [0.29, 0.717) is 31.0 Å². The molecule has 2 fully saturated rings. The highest BCUT2D eigenvalue weighted by atomic mass is 32.2. The predicted octanol–water partition coefficient (Wildman–Crippen LogP) is 1.75. The normalized spacial score (nSPS) is 23.1. The van der Waals surface area contributed by atoms with Crippen LogP contribution in [0.4, 0.5) is 8.78 Å². The van der Waals surface area contributed by atoms with E-state index in [0.717, 1.165) is 25.0 Å². The summed E-state index contributed by atoms with van der Waals surface area (Å²) in [5.41, 5.74) is -2.56. The third kappa shape index (κ3) is 5.07. The van der Waals surface area contributed by atoms with Crippen molar-refractivity contribution in [3.05, 3.63) is 63.1 Å². The molecule has 1 aromatic carbocycles. The van der Waals surface area contributed by atoms with Gasteiger partial charge >= 0.3 is 0 Å². The van der Waals surface area contributed by atoms with Crippen molar-refractivity contribution in [2.24, 2.45) is 11.3 Å². The first-order valence-electron chi connectivity index (χ1n) is 13.8. The summed E-state index contributed by atoms with van der Waals surface area (Å²) in [6, 6.07) is 3.33. The summed E-state index contributed by atoms with van der Waals surface area (Å²) in [5.74, 6) is -3.08. The maximum absolute atomic E-state index is 14.1. The number of thioether (sulfide) groups is 1. The lowest BCUT2D eigenvalue weighted by Gasteiger charge is -2.59. The number of nitrogens with one attached hydrogen (secondary N) is 2. The van der Waals surface area contributed by atoms with E-state index in [4.69, 9.17) is 10.8 Å². The van der Waals surface area contributed by atoms with Crippen molar-refractivity contribution in [3.8, 4) is 5.75 Å². The van der Waals surface area contributed by atoms with Gasteiger partial charge in [0.1, 0.15) is 22.3 Å². The van der Waals surface area contributed by atoms with Crippen LogP contribution in [0.5, 0.6) is 5.75 Å². The Morgan fingerprint density at radius 2 is 1.90 bits per heavy atom. The van der Waals surface area contributed by atoms with Gasteiger partial charge in [0.2, 0.25) is 16.4 Å². The van der Waals surface area contributed by atoms with E-state index in [9.17, 15) is 28.3 Å². The van der Waals surface area contributed by atoms with Crippen LogP contribution in [0.2, 0.25) is 0 Å². The number of rotatable bonds is 5. The molecular weight excluding hydrogens is 566 g/mol. The van der Waals surface area contributed by atoms with E-state index < -0.39 is 39.8 Å². The predicted molar refractivity (Wildman–Crippen MR) is 155 cm³/mol. The zero-order valence-corrected chi connectivity index (χ0v) is 24.8. The molecule has 2 aromatic rings. The van der Waals surface area contributed by atoms with Crippen molar-refractivity contribution in [2.45, 2.75) is 64.1 Å². The molecule has 5 N–H and O–H groups in total. The van der Waals surface area contributed by atoms with Crippen LogP contribution in [0.15, 0.2) is 29.2 Å². The first-order valence-corrected chi connectivity index (χ1v) is 14.6. The molecule has 0 bridgehead atoms. The highest BCUT2D eigenvalue weighted by Gasteiger charge is 2.56. The number of nitrogens with two attached hydrogens (primary N) is 1. The van der Waals surface area contributed by atoms with Crippen molar-refractivity contribution in [3.63, 3.8) is 0 Å². The minimum Gasteiger partial charge on any atom is -0.502 e. The van der Waals surface area contributed by atoms with Gasteiger partial charge < -0.3 is 15.3 Å². The summed E-state index contributed by atoms with van der Waals surface area (Å²) in [6.07, 6.45) is 4.64. The fraction of sp³-hybridized carbons (Fsp3) is 0.483. The second-order valence-corrected chi connectivity index (χ2v) is 13.3. The van der Waals surface area contributed by atoms with Gasteiger partial charge in [-0.1, -0.05) is 19.9 Å². The number of carbonyl (C=O) groups is 2. The van der Waals surface area contributed by atoms with Crippen LogP contribution in [-0.2, 0) is 11.2 Å². The number of nitrogens with zero attached hydrogens (tertiary/aromatic N) is 3. The monoisotopic (exact) mass is 601 g/mol. The van der Waals surface area contributed by atoms with Gasteiger partial charge in [0.15, 0.2) is 11.4 Å². The van der Waals surface area contributed by atoms with Crippen molar-refractivity contribution in [1.29, 1.82) is 5.41 Å². The Balaban J connectivity index is 1.43. The average molecular weight is 602 g/mol. The molecule has 1 aliphatic heterocycles. The Morgan fingerprint density at radius 1 is 1.21 bits per heavy atom. The molecule has 0 radical (unpaired) electrons. The average Bonchev–Trinajstić information content (AvgIpc) is 3.72. The number of aromatic hydroxyl groups is 1. The second kappa shape index (κ2) is 10.5. The maximum atomic E-state index is 14.1. The number of aromatic nitrogens is 1. The third-order valence-electron chi connectivity index (χ3n) is 8.83. The molecule has 224 valence electrons. The molecule has 5 rings (SSSR count). The Labute approximate surface area is 246 Å². The molecule has 42 heavy (non-hydrogen) atoms. The molecule has 3 aliphatic rings. The van der Waals surface area contributed by atoms with Crippen molar-refractivity contribution in [2.75, 3.05) is 19.1 Å². The molecule has 13 heteroatoms. The summed E-state index contributed by atoms with van der Waals surface area (Å²) in [5, 5.41) is 30.2. The van der Waals surface area contributed by atoms with Crippen LogP contribution in [0.3, 0.4) is 0 Å². The molecular formula is C29H35F2N6O4S+. The Morgan fingerprint density at radius 3 is 2.52 bits per heavy atom. The van der Waals surface area contributed by atoms with Gasteiger partial charge in [0.25, 0.3) is 5.91 Å². The molecule has 2 amide bonds. The summed E-state index contributed by atoms with van der Waals surface area (Å²) in [7, 11) is 3.37. The lowest BCUT2D eigenvalue weighted by atomic mass is 9.63. The van der Waals surface area contributed by atoms with Crippen molar-refractivity contribution >= 4 is 33.7 Å². The largest absolute Gasteiger partial charge is 0.502 e. The molecule has 2 saturated carbocycles. The minimum atomic E-state index is -0.911. The van der Waals surface area contributed by atoms with Crippen LogP contribution in [-0.4, -0.2) is 62.4 Å². The molecule has 10 nitrogen and oxygen atoms in total. The van der Waals surface area contributed by atoms with Gasteiger partial charge in [-0.2, -0.15) is 0 Å². The molecule has 1 spiro atoms. The lowest BCUT2D eigenvalue weighted by molar-refractivity contribution is -0.133. The van der Waals surface area contributed by atoms with Gasteiger partial charge in [-0.3, -0.25) is 34.9 Å². The van der Waals surface area contributed by atoms with E-state index >= 15 is 0 Å². The molecule has 2 heterocycles. The van der Waals surface area contributed by atoms with Crippen LogP contribution in [0.25, 0.3) is 0 Å². The van der Waals surface area contributed by atoms with Gasteiger partial charge in [0.05, 0.1) is 12.0 Å². The summed E-state index contributed by atoms with van der Waals surface area (Å²) >= 11 is 0.711. The molecule has 0 saturated heterocycles. The fourth-order valence-corrected chi connectivity index (χ4v) is 7.06. The highest BCUT2D eigenvalue weighted by Crippen LogP contribution is 2.50. The number of hydrogen-bond donors (Lipinski definition) is 4. The lowest BCUT2D eigenvalue weighted by Crippen LogP contribution is -2.71. The van der Waals surface area contributed by atoms with Crippen LogP contribution in [0, 0.1) is 28.4 Å². The van der Waals surface area contributed by atoms with Gasteiger partial charge in [0, 0.05) is 38.3 Å². The molecule has 2 aliphatic carbocycles. The van der Waals surface area contributed by atoms with Gasteiger partial charge in [-0.15, -0.1) is 0 Å². The third-order valence-corrected chi connectivity index (χ3v) is 9.67. The van der Waals surface area contributed by atoms with Gasteiger partial charge in [-0.05, 0) is 60.9 Å². The van der Waals surface area contributed by atoms with Crippen LogP contribution >= 0.6 is 11.8 Å². The minimum absolute atomic E-state index is 0.0219. The molecule has 2 atom stereocenters. The van der Waals surface area contributed by atoms with Crippen LogP contribution < -0.4 is 21.2 Å². The quantitative estimate of drug-likeness (QED) is 0.304. The van der Waals surface area contributed by atoms with E-state index in [-0.39, 0.29) is 51.2 Å². The number of benzene rings is 1. The zero-order valence-electron chi connectivity index (χ0n) is 24.0. The molecule has 1 unspecified atom stereocenters. The Bertz CT molecular complexity index is 1570. The second-order valence-electron chi connectivity index (χ2n) is 12.1. The summed E-state index contributed by atoms with van der Waals surface area (Å²) in [4.78, 5) is 41.4. The Hall–Kier alpha value is -3.74. The summed E-state index contributed by atoms with van der Waals surface area (Å²) in [6.45, 7) is 4.02. The van der Waals surface area contributed by atoms with E-state index in [1.807, 2.05) is 13.8 Å². The number of pyridine rings is 1. The van der Waals surface area contributed by atoms with Crippen molar-refractivity contribution in [1.82, 2.24) is 14.9 Å². The number of amides is 2. The SMILES string of the molecule is CN1C(=O)c2c(O)c(=O)c(C(=N)SC(=[NH2+])Cc3ccc(F)cc3F)cn2N(C)C12CC[C@@H](C(=O)NC1CC1)C(C)(C)C2. The van der Waals surface area contributed by atoms with Gasteiger partial charge in [-0.25, -0.2) is 8.78 Å². The maximum Gasteiger partial charge on any atom is 0.278 e. The van der Waals surface area contributed by atoms with Crippen molar-refractivity contribution < 1.29 is 28.9 Å². The summed E-state index contributed by atoms with van der Waals surface area (Å²) < 4.78 is 28.8. The fourth-order valence-electron chi connectivity index (χ4n) is 6.31.